The second-order valence-electron chi connectivity index (χ2n) is 9.61. The maximum Gasteiger partial charge on any atom is 0.253 e. The molecule has 2 N–H and O–H groups in total. The summed E-state index contributed by atoms with van der Waals surface area (Å²) in [6.45, 7) is 2.77. The van der Waals surface area contributed by atoms with Crippen molar-refractivity contribution in [1.29, 1.82) is 0 Å². The van der Waals surface area contributed by atoms with E-state index < -0.39 is 0 Å². The van der Waals surface area contributed by atoms with Gasteiger partial charge in [-0.2, -0.15) is 0 Å². The van der Waals surface area contributed by atoms with Gasteiger partial charge in [-0.3, -0.25) is 19.3 Å². The molecular weight excluding hydrogens is 466 g/mol. The molecule has 1 aliphatic heterocycles. The van der Waals surface area contributed by atoms with E-state index in [2.05, 4.69) is 22.8 Å². The maximum atomic E-state index is 13.2. The van der Waals surface area contributed by atoms with Crippen molar-refractivity contribution in [3.05, 3.63) is 89.5 Å². The van der Waals surface area contributed by atoms with E-state index in [0.717, 1.165) is 29.5 Å². The predicted molar refractivity (Wildman–Crippen MR) is 143 cm³/mol. The van der Waals surface area contributed by atoms with Crippen LogP contribution in [-0.2, 0) is 16.0 Å². The van der Waals surface area contributed by atoms with Gasteiger partial charge in [0.25, 0.3) is 5.91 Å². The number of benzene rings is 3. The van der Waals surface area contributed by atoms with Gasteiger partial charge in [-0.05, 0) is 41.7 Å². The van der Waals surface area contributed by atoms with Gasteiger partial charge in [-0.25, -0.2) is 0 Å². The highest BCUT2D eigenvalue weighted by Crippen LogP contribution is 2.24. The molecule has 7 nitrogen and oxygen atoms in total. The van der Waals surface area contributed by atoms with E-state index in [1.54, 1.807) is 18.2 Å². The Kier molecular flexibility index (Phi) is 7.73. The van der Waals surface area contributed by atoms with Crippen molar-refractivity contribution >= 4 is 23.3 Å². The molecule has 2 amide bonds. The molecule has 1 heterocycles. The zero-order valence-corrected chi connectivity index (χ0v) is 20.7. The van der Waals surface area contributed by atoms with Crippen LogP contribution in [0.5, 0.6) is 0 Å². The van der Waals surface area contributed by atoms with Gasteiger partial charge in [0.05, 0.1) is 31.0 Å². The highest BCUT2D eigenvalue weighted by Gasteiger charge is 2.26. The zero-order chi connectivity index (χ0) is 25.6. The van der Waals surface area contributed by atoms with Crippen molar-refractivity contribution in [2.45, 2.75) is 25.3 Å². The van der Waals surface area contributed by atoms with E-state index in [9.17, 15) is 14.4 Å². The van der Waals surface area contributed by atoms with Crippen molar-refractivity contribution in [2.75, 3.05) is 38.2 Å². The minimum Gasteiger partial charge on any atom is -0.379 e. The molecule has 1 saturated heterocycles. The minimum absolute atomic E-state index is 0.0784. The van der Waals surface area contributed by atoms with Crippen molar-refractivity contribution in [3.8, 4) is 11.1 Å². The Hall–Kier alpha value is -3.81. The van der Waals surface area contributed by atoms with Crippen LogP contribution in [0.15, 0.2) is 72.8 Å². The first-order chi connectivity index (χ1) is 18.0. The number of hydrogen-bond acceptors (Lipinski definition) is 5. The molecular formula is C30H31N3O4. The van der Waals surface area contributed by atoms with Gasteiger partial charge in [0.1, 0.15) is 0 Å². The molecule has 0 unspecified atom stereocenters. The van der Waals surface area contributed by atoms with Crippen LogP contribution in [0.1, 0.15) is 39.1 Å². The normalized spacial score (nSPS) is 15.7. The minimum atomic E-state index is -0.236. The first kappa shape index (κ1) is 24.9. The van der Waals surface area contributed by atoms with Crippen molar-refractivity contribution in [1.82, 2.24) is 10.2 Å². The molecule has 0 bridgehead atoms. The van der Waals surface area contributed by atoms with Crippen molar-refractivity contribution < 1.29 is 19.1 Å². The monoisotopic (exact) mass is 497 g/mol. The molecule has 0 radical (unpaired) electrons. The lowest BCUT2D eigenvalue weighted by Crippen LogP contribution is -2.41. The van der Waals surface area contributed by atoms with E-state index in [0.29, 0.717) is 43.1 Å². The van der Waals surface area contributed by atoms with E-state index in [4.69, 9.17) is 4.74 Å². The summed E-state index contributed by atoms with van der Waals surface area (Å²) in [5.74, 6) is -0.534. The molecule has 190 valence electrons. The maximum absolute atomic E-state index is 13.2. The third kappa shape index (κ3) is 6.70. The number of nitrogens with one attached hydrogen (secondary N) is 2. The summed E-state index contributed by atoms with van der Waals surface area (Å²) < 4.78 is 5.35. The second-order valence-corrected chi connectivity index (χ2v) is 9.61. The third-order valence-electron chi connectivity index (χ3n) is 6.67. The smallest absolute Gasteiger partial charge is 0.253 e. The summed E-state index contributed by atoms with van der Waals surface area (Å²) in [5, 5.41) is 5.85. The molecule has 3 aromatic rings. The lowest BCUT2D eigenvalue weighted by Gasteiger charge is -2.26. The van der Waals surface area contributed by atoms with Gasteiger partial charge in [0, 0.05) is 31.1 Å². The van der Waals surface area contributed by atoms with Crippen molar-refractivity contribution in [2.24, 2.45) is 0 Å². The van der Waals surface area contributed by atoms with Crippen molar-refractivity contribution in [3.63, 3.8) is 0 Å². The first-order valence-electron chi connectivity index (χ1n) is 12.8. The Morgan fingerprint density at radius 1 is 0.865 bits per heavy atom. The Labute approximate surface area is 216 Å². The number of anilines is 1. The molecule has 37 heavy (non-hydrogen) atoms. The number of ketones is 1. The largest absolute Gasteiger partial charge is 0.379 e. The number of Topliss-reactive ketones (excluding diaryl/α,β-unsaturated/α-hetero) is 1. The highest BCUT2D eigenvalue weighted by molar-refractivity contribution is 6.07. The fraction of sp³-hybridized carbons (Fsp3) is 0.300. The Balaban J connectivity index is 1.30. The highest BCUT2D eigenvalue weighted by atomic mass is 16.5. The SMILES string of the molecule is O=C(CN1CCOCC1)Nc1cc(C(=O)Cc2ccc(-c3ccccc3)cc2)ccc1C(=O)NC1CC1. The van der Waals surface area contributed by atoms with Crippen LogP contribution >= 0.6 is 0 Å². The molecule has 0 atom stereocenters. The number of carbonyl (C=O) groups excluding carboxylic acids is 3. The molecule has 5 rings (SSSR count). The summed E-state index contributed by atoms with van der Waals surface area (Å²) in [7, 11) is 0. The predicted octanol–water partition coefficient (Wildman–Crippen LogP) is 3.94. The summed E-state index contributed by atoms with van der Waals surface area (Å²) in [4.78, 5) is 40.8. The number of ether oxygens (including phenoxy) is 1. The molecule has 2 fully saturated rings. The molecule has 1 aliphatic carbocycles. The second kappa shape index (κ2) is 11.5. The van der Waals surface area contributed by atoms with E-state index in [-0.39, 0.29) is 36.6 Å². The van der Waals surface area contributed by atoms with E-state index >= 15 is 0 Å². The van der Waals surface area contributed by atoms with Crippen LogP contribution in [-0.4, -0.2) is 61.4 Å². The van der Waals surface area contributed by atoms with Crippen LogP contribution in [0.25, 0.3) is 11.1 Å². The number of nitrogens with zero attached hydrogens (tertiary/aromatic N) is 1. The fourth-order valence-corrected chi connectivity index (χ4v) is 4.40. The average Bonchev–Trinajstić information content (AvgIpc) is 3.74. The van der Waals surface area contributed by atoms with Gasteiger partial charge in [-0.1, -0.05) is 60.7 Å². The van der Waals surface area contributed by atoms with Gasteiger partial charge in [0.15, 0.2) is 5.78 Å². The van der Waals surface area contributed by atoms with Gasteiger partial charge < -0.3 is 15.4 Å². The number of carbonyl (C=O) groups is 3. The topological polar surface area (TPSA) is 87.7 Å². The van der Waals surface area contributed by atoms with Gasteiger partial charge in [-0.15, -0.1) is 0 Å². The number of morpholine rings is 1. The van der Waals surface area contributed by atoms with Crippen LogP contribution in [0.4, 0.5) is 5.69 Å². The van der Waals surface area contributed by atoms with E-state index in [1.807, 2.05) is 47.4 Å². The Morgan fingerprint density at radius 3 is 2.27 bits per heavy atom. The molecule has 3 aromatic carbocycles. The summed E-state index contributed by atoms with van der Waals surface area (Å²) >= 11 is 0. The number of rotatable bonds is 9. The molecule has 0 spiro atoms. The quantitative estimate of drug-likeness (QED) is 0.437. The summed E-state index contributed by atoms with van der Waals surface area (Å²) in [6, 6.07) is 23.1. The molecule has 1 saturated carbocycles. The third-order valence-corrected chi connectivity index (χ3v) is 6.67. The molecule has 0 aromatic heterocycles. The fourth-order valence-electron chi connectivity index (χ4n) is 4.40. The number of hydrogen-bond donors (Lipinski definition) is 2. The lowest BCUT2D eigenvalue weighted by molar-refractivity contribution is -0.118. The van der Waals surface area contributed by atoms with E-state index in [1.165, 1.54) is 0 Å². The zero-order valence-electron chi connectivity index (χ0n) is 20.7. The number of amides is 2. The summed E-state index contributed by atoms with van der Waals surface area (Å²) in [5.41, 5.74) is 4.30. The van der Waals surface area contributed by atoms with Crippen LogP contribution in [0.2, 0.25) is 0 Å². The van der Waals surface area contributed by atoms with Crippen LogP contribution < -0.4 is 10.6 Å². The first-order valence-corrected chi connectivity index (χ1v) is 12.8. The van der Waals surface area contributed by atoms with Crippen LogP contribution in [0.3, 0.4) is 0 Å². The lowest BCUT2D eigenvalue weighted by atomic mass is 9.98. The Bertz CT molecular complexity index is 1260. The van der Waals surface area contributed by atoms with Crippen LogP contribution in [0, 0.1) is 0 Å². The summed E-state index contributed by atoms with van der Waals surface area (Å²) in [6.07, 6.45) is 2.15. The average molecular weight is 498 g/mol. The standard InChI is InChI=1S/C30H31N3O4/c34-28(18-21-6-8-23(9-7-21)22-4-2-1-3-5-22)24-10-13-26(30(36)31-25-11-12-25)27(19-24)32-29(35)20-33-14-16-37-17-15-33/h1-10,13,19,25H,11-12,14-18,20H2,(H,31,36)(H,32,35). The Morgan fingerprint density at radius 2 is 1.57 bits per heavy atom. The molecule has 7 heteroatoms. The van der Waals surface area contributed by atoms with Gasteiger partial charge in [0.2, 0.25) is 5.91 Å². The molecule has 2 aliphatic rings. The van der Waals surface area contributed by atoms with Gasteiger partial charge >= 0.3 is 0 Å².